The quantitative estimate of drug-likeness (QED) is 0.589. The van der Waals surface area contributed by atoms with Crippen LogP contribution in [-0.4, -0.2) is 23.7 Å². The van der Waals surface area contributed by atoms with Crippen LogP contribution in [0.5, 0.6) is 0 Å². The van der Waals surface area contributed by atoms with Crippen molar-refractivity contribution >= 4 is 5.97 Å². The van der Waals surface area contributed by atoms with E-state index in [0.717, 1.165) is 0 Å². The van der Waals surface area contributed by atoms with Gasteiger partial charge in [0.25, 0.3) is 0 Å². The molecule has 1 saturated carbocycles. The van der Waals surface area contributed by atoms with Crippen molar-refractivity contribution in [3.8, 4) is 0 Å². The van der Waals surface area contributed by atoms with Crippen molar-refractivity contribution in [3.63, 3.8) is 0 Å². The average molecular weight is 155 g/mol. The number of nitrogens with one attached hydrogen (secondary N) is 1. The Morgan fingerprint density at radius 3 is 2.82 bits per heavy atom. The van der Waals surface area contributed by atoms with Gasteiger partial charge < -0.3 is 10.4 Å². The molecule has 1 rings (SSSR count). The number of aliphatic carboxylic acids is 1. The fourth-order valence-corrected chi connectivity index (χ4v) is 0.753. The smallest absolute Gasteiger partial charge is 0.330 e. The third-order valence-electron chi connectivity index (χ3n) is 1.73. The molecule has 0 spiro atoms. The summed E-state index contributed by atoms with van der Waals surface area (Å²) in [6, 6.07) is 0.646. The normalized spacial score (nSPS) is 18.5. The van der Waals surface area contributed by atoms with Crippen molar-refractivity contribution in [2.24, 2.45) is 0 Å². The Bertz CT molecular complexity index is 183. The van der Waals surface area contributed by atoms with Gasteiger partial charge in [-0.3, -0.25) is 0 Å². The van der Waals surface area contributed by atoms with Crippen molar-refractivity contribution in [1.29, 1.82) is 0 Å². The van der Waals surface area contributed by atoms with E-state index < -0.39 is 5.97 Å². The third-order valence-corrected chi connectivity index (χ3v) is 1.73. The lowest BCUT2D eigenvalue weighted by Crippen LogP contribution is -2.16. The summed E-state index contributed by atoms with van der Waals surface area (Å²) in [4.78, 5) is 10.3. The number of carbonyl (C=O) groups is 1. The fraction of sp³-hybridized carbons (Fsp3) is 0.625. The zero-order valence-electron chi connectivity index (χ0n) is 6.63. The van der Waals surface area contributed by atoms with Crippen LogP contribution >= 0.6 is 0 Å². The van der Waals surface area contributed by atoms with Gasteiger partial charge in [-0.15, -0.1) is 0 Å². The van der Waals surface area contributed by atoms with E-state index in [1.54, 1.807) is 13.0 Å². The van der Waals surface area contributed by atoms with Crippen molar-refractivity contribution in [1.82, 2.24) is 5.32 Å². The Morgan fingerprint density at radius 1 is 1.73 bits per heavy atom. The molecule has 1 aliphatic rings. The summed E-state index contributed by atoms with van der Waals surface area (Å²) in [5.74, 6) is -0.831. The van der Waals surface area contributed by atoms with E-state index >= 15 is 0 Å². The molecule has 2 N–H and O–H groups in total. The maximum absolute atomic E-state index is 10.3. The molecule has 0 unspecified atom stereocenters. The Hall–Kier alpha value is -0.830. The van der Waals surface area contributed by atoms with Gasteiger partial charge in [-0.2, -0.15) is 0 Å². The highest BCUT2D eigenvalue weighted by Gasteiger charge is 2.19. The highest BCUT2D eigenvalue weighted by Crippen LogP contribution is 2.18. The first-order valence-corrected chi connectivity index (χ1v) is 3.83. The standard InChI is InChI=1S/C8H13NO2/c1-6(8(10)11)4-5-9-7-2-3-7/h4,7,9H,2-3,5H2,1H3,(H,10,11). The summed E-state index contributed by atoms with van der Waals surface area (Å²) in [5.41, 5.74) is 0.415. The Morgan fingerprint density at radius 2 is 2.36 bits per heavy atom. The van der Waals surface area contributed by atoms with E-state index in [1.807, 2.05) is 0 Å². The van der Waals surface area contributed by atoms with Crippen molar-refractivity contribution < 1.29 is 9.90 Å². The SMILES string of the molecule is CC(=CCNC1CC1)C(=O)O. The Balaban J connectivity index is 2.15. The van der Waals surface area contributed by atoms with Crippen molar-refractivity contribution in [2.75, 3.05) is 6.54 Å². The van der Waals surface area contributed by atoms with Crippen molar-refractivity contribution in [3.05, 3.63) is 11.6 Å². The maximum atomic E-state index is 10.3. The number of carboxylic acids is 1. The Kier molecular flexibility index (Phi) is 2.65. The molecule has 0 radical (unpaired) electrons. The lowest BCUT2D eigenvalue weighted by molar-refractivity contribution is -0.132. The predicted molar refractivity (Wildman–Crippen MR) is 42.4 cm³/mol. The number of rotatable bonds is 4. The number of hydrogen-bond acceptors (Lipinski definition) is 2. The molecule has 0 amide bonds. The molecular formula is C8H13NO2. The number of carboxylic acid groups (broad SMARTS) is 1. The molecule has 0 atom stereocenters. The largest absolute Gasteiger partial charge is 0.478 e. The van der Waals surface area contributed by atoms with E-state index in [9.17, 15) is 4.79 Å². The van der Waals surface area contributed by atoms with E-state index in [1.165, 1.54) is 12.8 Å². The van der Waals surface area contributed by atoms with Crippen LogP contribution in [0.25, 0.3) is 0 Å². The summed E-state index contributed by atoms with van der Waals surface area (Å²) in [5, 5.41) is 11.7. The minimum Gasteiger partial charge on any atom is -0.478 e. The van der Waals surface area contributed by atoms with Crippen LogP contribution in [0.1, 0.15) is 19.8 Å². The Labute approximate surface area is 66.1 Å². The highest BCUT2D eigenvalue weighted by atomic mass is 16.4. The zero-order chi connectivity index (χ0) is 8.27. The summed E-state index contributed by atoms with van der Waals surface area (Å²) >= 11 is 0. The zero-order valence-corrected chi connectivity index (χ0v) is 6.63. The van der Waals surface area contributed by atoms with Crippen molar-refractivity contribution in [2.45, 2.75) is 25.8 Å². The number of hydrogen-bond donors (Lipinski definition) is 2. The molecule has 3 nitrogen and oxygen atoms in total. The van der Waals surface area contributed by atoms with Gasteiger partial charge >= 0.3 is 5.97 Å². The first kappa shape index (κ1) is 8.27. The molecule has 0 heterocycles. The van der Waals surface area contributed by atoms with E-state index in [0.29, 0.717) is 18.2 Å². The summed E-state index contributed by atoms with van der Waals surface area (Å²) in [6.07, 6.45) is 4.18. The van der Waals surface area contributed by atoms with Gasteiger partial charge in [0, 0.05) is 18.2 Å². The topological polar surface area (TPSA) is 49.3 Å². The second kappa shape index (κ2) is 3.53. The van der Waals surface area contributed by atoms with Crippen LogP contribution in [0.3, 0.4) is 0 Å². The summed E-state index contributed by atoms with van der Waals surface area (Å²) in [6.45, 7) is 2.29. The van der Waals surface area contributed by atoms with Crippen LogP contribution in [0.15, 0.2) is 11.6 Å². The molecule has 62 valence electrons. The van der Waals surface area contributed by atoms with Gasteiger partial charge in [0.1, 0.15) is 0 Å². The van der Waals surface area contributed by atoms with E-state index in [4.69, 9.17) is 5.11 Å². The molecule has 0 saturated heterocycles. The van der Waals surface area contributed by atoms with Crippen LogP contribution in [0.4, 0.5) is 0 Å². The predicted octanol–water partition coefficient (Wildman–Crippen LogP) is 0.769. The minimum absolute atomic E-state index is 0.415. The molecule has 0 aromatic heterocycles. The van der Waals surface area contributed by atoms with Crippen LogP contribution in [-0.2, 0) is 4.79 Å². The summed E-state index contributed by atoms with van der Waals surface area (Å²) in [7, 11) is 0. The van der Waals surface area contributed by atoms with Gasteiger partial charge in [-0.25, -0.2) is 4.79 Å². The van der Waals surface area contributed by atoms with E-state index in [2.05, 4.69) is 5.32 Å². The second-order valence-corrected chi connectivity index (χ2v) is 2.87. The molecule has 0 aromatic carbocycles. The van der Waals surface area contributed by atoms with Gasteiger partial charge in [-0.1, -0.05) is 6.08 Å². The highest BCUT2D eigenvalue weighted by molar-refractivity contribution is 5.85. The molecular weight excluding hydrogens is 142 g/mol. The lowest BCUT2D eigenvalue weighted by Gasteiger charge is -1.96. The maximum Gasteiger partial charge on any atom is 0.330 e. The third kappa shape index (κ3) is 3.18. The average Bonchev–Trinajstić information content (AvgIpc) is 2.71. The molecule has 3 heteroatoms. The first-order chi connectivity index (χ1) is 5.20. The van der Waals surface area contributed by atoms with Gasteiger partial charge in [0.15, 0.2) is 0 Å². The molecule has 0 bridgehead atoms. The van der Waals surface area contributed by atoms with Gasteiger partial charge in [0.2, 0.25) is 0 Å². The van der Waals surface area contributed by atoms with Crippen LogP contribution in [0.2, 0.25) is 0 Å². The minimum atomic E-state index is -0.831. The molecule has 0 aromatic rings. The monoisotopic (exact) mass is 155 g/mol. The lowest BCUT2D eigenvalue weighted by atomic mass is 10.3. The van der Waals surface area contributed by atoms with Crippen LogP contribution < -0.4 is 5.32 Å². The van der Waals surface area contributed by atoms with Gasteiger partial charge in [0.05, 0.1) is 0 Å². The molecule has 1 fully saturated rings. The first-order valence-electron chi connectivity index (χ1n) is 3.83. The molecule has 1 aliphatic carbocycles. The second-order valence-electron chi connectivity index (χ2n) is 2.87. The molecule has 0 aliphatic heterocycles. The van der Waals surface area contributed by atoms with E-state index in [-0.39, 0.29) is 0 Å². The van der Waals surface area contributed by atoms with Crippen LogP contribution in [0, 0.1) is 0 Å². The van der Waals surface area contributed by atoms with Gasteiger partial charge in [-0.05, 0) is 19.8 Å². The summed E-state index contributed by atoms with van der Waals surface area (Å²) < 4.78 is 0. The fourth-order valence-electron chi connectivity index (χ4n) is 0.753. The molecule has 11 heavy (non-hydrogen) atoms.